The van der Waals surface area contributed by atoms with Crippen molar-refractivity contribution in [1.82, 2.24) is 0 Å². The van der Waals surface area contributed by atoms with E-state index in [1.807, 2.05) is 0 Å². The Morgan fingerprint density at radius 1 is 1.33 bits per heavy atom. The highest BCUT2D eigenvalue weighted by atomic mass is 79.9. The van der Waals surface area contributed by atoms with Gasteiger partial charge in [0, 0.05) is 6.07 Å². The minimum Gasteiger partial charge on any atom is -0.496 e. The van der Waals surface area contributed by atoms with Gasteiger partial charge >= 0.3 is 0 Å². The molecule has 0 saturated carbocycles. The van der Waals surface area contributed by atoms with Crippen molar-refractivity contribution >= 4 is 15.9 Å². The summed E-state index contributed by atoms with van der Waals surface area (Å²) < 4.78 is 19.1. The highest BCUT2D eigenvalue weighted by Crippen LogP contribution is 2.31. The summed E-state index contributed by atoms with van der Waals surface area (Å²) in [6, 6.07) is 3.22. The van der Waals surface area contributed by atoms with E-state index in [2.05, 4.69) is 29.8 Å². The minimum atomic E-state index is -0.295. The van der Waals surface area contributed by atoms with E-state index < -0.39 is 0 Å². The average Bonchev–Trinajstić information content (AvgIpc) is 2.30. The molecule has 2 N–H and O–H groups in total. The van der Waals surface area contributed by atoms with Crippen molar-refractivity contribution in [2.75, 3.05) is 13.7 Å². The van der Waals surface area contributed by atoms with E-state index in [-0.39, 0.29) is 11.2 Å². The summed E-state index contributed by atoms with van der Waals surface area (Å²) in [4.78, 5) is 0. The molecule has 0 radical (unpaired) electrons. The van der Waals surface area contributed by atoms with Crippen molar-refractivity contribution in [2.45, 2.75) is 33.1 Å². The Hall–Kier alpha value is -0.610. The van der Waals surface area contributed by atoms with Crippen LogP contribution in [0.5, 0.6) is 5.75 Å². The Balaban J connectivity index is 2.81. The van der Waals surface area contributed by atoms with Crippen molar-refractivity contribution in [3.63, 3.8) is 0 Å². The SMILES string of the molecule is COc1cc(F)c(Br)cc1CCC(C)(C)CCN. The fraction of sp³-hybridized carbons (Fsp3) is 0.571. The lowest BCUT2D eigenvalue weighted by Gasteiger charge is -2.24. The van der Waals surface area contributed by atoms with Gasteiger partial charge in [-0.3, -0.25) is 0 Å². The molecule has 1 aromatic carbocycles. The number of benzene rings is 1. The molecule has 18 heavy (non-hydrogen) atoms. The van der Waals surface area contributed by atoms with Gasteiger partial charge in [0.2, 0.25) is 0 Å². The van der Waals surface area contributed by atoms with Gasteiger partial charge in [-0.2, -0.15) is 0 Å². The molecule has 0 unspecified atom stereocenters. The fourth-order valence-corrected chi connectivity index (χ4v) is 2.33. The van der Waals surface area contributed by atoms with Gasteiger partial charge in [-0.05, 0) is 58.8 Å². The van der Waals surface area contributed by atoms with E-state index in [0.29, 0.717) is 16.8 Å². The van der Waals surface area contributed by atoms with Crippen molar-refractivity contribution in [3.05, 3.63) is 28.0 Å². The first kappa shape index (κ1) is 15.4. The molecule has 0 aromatic heterocycles. The molecule has 0 aliphatic carbocycles. The predicted octanol–water partition coefficient (Wildman–Crippen LogP) is 3.90. The molecule has 0 aliphatic heterocycles. The number of methoxy groups -OCH3 is 1. The molecule has 0 saturated heterocycles. The van der Waals surface area contributed by atoms with Crippen molar-refractivity contribution in [2.24, 2.45) is 11.1 Å². The zero-order chi connectivity index (χ0) is 13.8. The number of aryl methyl sites for hydroxylation is 1. The Morgan fingerprint density at radius 3 is 2.56 bits per heavy atom. The molecule has 0 amide bonds. The van der Waals surface area contributed by atoms with Gasteiger partial charge < -0.3 is 10.5 Å². The number of hydrogen-bond donors (Lipinski definition) is 1. The zero-order valence-corrected chi connectivity index (χ0v) is 12.8. The molecular formula is C14H21BrFNO. The van der Waals surface area contributed by atoms with E-state index in [4.69, 9.17) is 10.5 Å². The quantitative estimate of drug-likeness (QED) is 0.863. The van der Waals surface area contributed by atoms with E-state index in [1.165, 1.54) is 6.07 Å². The second-order valence-corrected chi connectivity index (χ2v) is 6.14. The van der Waals surface area contributed by atoms with Crippen LogP contribution < -0.4 is 10.5 Å². The highest BCUT2D eigenvalue weighted by molar-refractivity contribution is 9.10. The zero-order valence-electron chi connectivity index (χ0n) is 11.2. The number of rotatable bonds is 6. The molecule has 0 bridgehead atoms. The van der Waals surface area contributed by atoms with Gasteiger partial charge in [0.05, 0.1) is 11.6 Å². The molecule has 4 heteroatoms. The van der Waals surface area contributed by atoms with Crippen LogP contribution in [0, 0.1) is 11.2 Å². The highest BCUT2D eigenvalue weighted by Gasteiger charge is 2.18. The van der Waals surface area contributed by atoms with Crippen LogP contribution in [0.3, 0.4) is 0 Å². The predicted molar refractivity (Wildman–Crippen MR) is 76.4 cm³/mol. The standard InChI is InChI=1S/C14H21BrFNO/c1-14(2,6-7-17)5-4-10-8-11(15)12(16)9-13(10)18-3/h8-9H,4-7,17H2,1-3H3. The summed E-state index contributed by atoms with van der Waals surface area (Å²) >= 11 is 3.21. The average molecular weight is 318 g/mol. The molecule has 0 aliphatic rings. The van der Waals surface area contributed by atoms with Crippen molar-refractivity contribution < 1.29 is 9.13 Å². The minimum absolute atomic E-state index is 0.195. The van der Waals surface area contributed by atoms with Crippen LogP contribution in [0.4, 0.5) is 4.39 Å². The maximum absolute atomic E-state index is 13.4. The monoisotopic (exact) mass is 317 g/mol. The topological polar surface area (TPSA) is 35.2 Å². The molecule has 1 aromatic rings. The van der Waals surface area contributed by atoms with Crippen LogP contribution >= 0.6 is 15.9 Å². The second kappa shape index (κ2) is 6.53. The van der Waals surface area contributed by atoms with Crippen LogP contribution in [-0.2, 0) is 6.42 Å². The molecule has 0 atom stereocenters. The Kier molecular flexibility index (Phi) is 5.60. The Morgan fingerprint density at radius 2 is 2.00 bits per heavy atom. The maximum atomic E-state index is 13.4. The number of halogens is 2. The third-order valence-corrected chi connectivity index (χ3v) is 3.82. The van der Waals surface area contributed by atoms with Crippen molar-refractivity contribution in [3.8, 4) is 5.75 Å². The summed E-state index contributed by atoms with van der Waals surface area (Å²) in [6.07, 6.45) is 2.84. The summed E-state index contributed by atoms with van der Waals surface area (Å²) in [5, 5.41) is 0. The molecule has 0 spiro atoms. The first-order valence-corrected chi connectivity index (χ1v) is 6.91. The van der Waals surface area contributed by atoms with Gasteiger partial charge in [0.25, 0.3) is 0 Å². The van der Waals surface area contributed by atoms with Gasteiger partial charge in [0.1, 0.15) is 11.6 Å². The third-order valence-electron chi connectivity index (χ3n) is 3.22. The van der Waals surface area contributed by atoms with Crippen LogP contribution in [0.25, 0.3) is 0 Å². The van der Waals surface area contributed by atoms with E-state index in [0.717, 1.165) is 24.8 Å². The summed E-state index contributed by atoms with van der Waals surface area (Å²) in [6.45, 7) is 5.09. The van der Waals surface area contributed by atoms with Crippen LogP contribution in [0.1, 0.15) is 32.3 Å². The number of hydrogen-bond acceptors (Lipinski definition) is 2. The second-order valence-electron chi connectivity index (χ2n) is 5.28. The molecule has 102 valence electrons. The summed E-state index contributed by atoms with van der Waals surface area (Å²) in [7, 11) is 1.57. The molecule has 2 nitrogen and oxygen atoms in total. The van der Waals surface area contributed by atoms with Crippen LogP contribution in [0.2, 0.25) is 0 Å². The summed E-state index contributed by atoms with van der Waals surface area (Å²) in [5.74, 6) is 0.316. The van der Waals surface area contributed by atoms with Crippen molar-refractivity contribution in [1.29, 1.82) is 0 Å². The maximum Gasteiger partial charge on any atom is 0.141 e. The number of ether oxygens (including phenoxy) is 1. The molecule has 0 fully saturated rings. The Labute approximate surface area is 117 Å². The van der Waals surface area contributed by atoms with Gasteiger partial charge in [-0.25, -0.2) is 4.39 Å². The van der Waals surface area contributed by atoms with E-state index in [1.54, 1.807) is 13.2 Å². The van der Waals surface area contributed by atoms with Crippen LogP contribution in [-0.4, -0.2) is 13.7 Å². The molecule has 0 heterocycles. The first-order valence-electron chi connectivity index (χ1n) is 6.11. The van der Waals surface area contributed by atoms with Gasteiger partial charge in [0.15, 0.2) is 0 Å². The normalized spacial score (nSPS) is 11.7. The van der Waals surface area contributed by atoms with Gasteiger partial charge in [-0.1, -0.05) is 13.8 Å². The number of nitrogens with two attached hydrogens (primary N) is 1. The Bertz CT molecular complexity index is 407. The van der Waals surface area contributed by atoms with E-state index in [9.17, 15) is 4.39 Å². The summed E-state index contributed by atoms with van der Waals surface area (Å²) in [5.41, 5.74) is 6.82. The fourth-order valence-electron chi connectivity index (χ4n) is 1.94. The molecule has 1 rings (SSSR count). The first-order chi connectivity index (χ1) is 8.39. The smallest absolute Gasteiger partial charge is 0.141 e. The largest absolute Gasteiger partial charge is 0.496 e. The molecular weight excluding hydrogens is 297 g/mol. The lowest BCUT2D eigenvalue weighted by molar-refractivity contribution is 0.310. The van der Waals surface area contributed by atoms with E-state index >= 15 is 0 Å². The lowest BCUT2D eigenvalue weighted by Crippen LogP contribution is -2.18. The van der Waals surface area contributed by atoms with Gasteiger partial charge in [-0.15, -0.1) is 0 Å². The van der Waals surface area contributed by atoms with Crippen LogP contribution in [0.15, 0.2) is 16.6 Å². The third kappa shape index (κ3) is 4.25. The lowest BCUT2D eigenvalue weighted by atomic mass is 9.83.